The van der Waals surface area contributed by atoms with E-state index in [9.17, 15) is 22.8 Å². The van der Waals surface area contributed by atoms with Crippen molar-refractivity contribution in [2.24, 2.45) is 0 Å². The quantitative estimate of drug-likeness (QED) is 0.601. The van der Waals surface area contributed by atoms with Crippen molar-refractivity contribution in [3.63, 3.8) is 0 Å². The Hall–Kier alpha value is -3.07. The molecule has 2 amide bonds. The van der Waals surface area contributed by atoms with Gasteiger partial charge in [0.2, 0.25) is 11.8 Å². The summed E-state index contributed by atoms with van der Waals surface area (Å²) in [4.78, 5) is 23.3. The molecule has 0 saturated carbocycles. The van der Waals surface area contributed by atoms with Crippen molar-refractivity contribution in [1.82, 2.24) is 10.6 Å². The van der Waals surface area contributed by atoms with Crippen molar-refractivity contribution in [3.8, 4) is 11.5 Å². The van der Waals surface area contributed by atoms with Gasteiger partial charge in [0.25, 0.3) is 0 Å². The molecule has 0 aliphatic heterocycles. The lowest BCUT2D eigenvalue weighted by Gasteiger charge is -2.10. The van der Waals surface area contributed by atoms with Gasteiger partial charge in [-0.05, 0) is 38.1 Å². The molecule has 0 radical (unpaired) electrons. The van der Waals surface area contributed by atoms with Crippen LogP contribution in [0.4, 0.5) is 18.9 Å². The van der Waals surface area contributed by atoms with Gasteiger partial charge in [-0.3, -0.25) is 14.9 Å². The lowest BCUT2D eigenvalue weighted by Crippen LogP contribution is -2.40. The number of carbonyl (C=O) groups excluding carboxylic acids is 2. The largest absolute Gasteiger partial charge is 0.457 e. The molecule has 2 rings (SSSR count). The van der Waals surface area contributed by atoms with Crippen LogP contribution in [0, 0.1) is 17.5 Å². The molecule has 0 spiro atoms. The van der Waals surface area contributed by atoms with Crippen LogP contribution in [0.25, 0.3) is 0 Å². The van der Waals surface area contributed by atoms with E-state index in [0.29, 0.717) is 5.69 Å². The third-order valence-corrected chi connectivity index (χ3v) is 3.35. The van der Waals surface area contributed by atoms with Gasteiger partial charge in [0.05, 0.1) is 13.1 Å². The second kappa shape index (κ2) is 9.75. The van der Waals surface area contributed by atoms with Crippen LogP contribution >= 0.6 is 0 Å². The second-order valence-corrected chi connectivity index (χ2v) is 6.20. The van der Waals surface area contributed by atoms with Crippen molar-refractivity contribution in [1.29, 1.82) is 0 Å². The zero-order chi connectivity index (χ0) is 20.7. The predicted molar refractivity (Wildman–Crippen MR) is 97.6 cm³/mol. The van der Waals surface area contributed by atoms with E-state index in [1.807, 2.05) is 13.8 Å². The minimum atomic E-state index is -1.57. The molecule has 0 heterocycles. The van der Waals surface area contributed by atoms with Gasteiger partial charge in [-0.1, -0.05) is 0 Å². The Morgan fingerprint density at radius 1 is 0.929 bits per heavy atom. The molecule has 2 aromatic carbocycles. The fourth-order valence-electron chi connectivity index (χ4n) is 2.20. The topological polar surface area (TPSA) is 79.5 Å². The molecule has 6 nitrogen and oxygen atoms in total. The summed E-state index contributed by atoms with van der Waals surface area (Å²) in [5.74, 6) is -4.79. The molecule has 0 aromatic heterocycles. The Morgan fingerprint density at radius 3 is 2.07 bits per heavy atom. The van der Waals surface area contributed by atoms with E-state index >= 15 is 0 Å². The average molecular weight is 395 g/mol. The van der Waals surface area contributed by atoms with Gasteiger partial charge in [-0.2, -0.15) is 0 Å². The number of carbonyl (C=O) groups is 2. The first-order valence-electron chi connectivity index (χ1n) is 8.47. The lowest BCUT2D eigenvalue weighted by atomic mass is 10.3. The van der Waals surface area contributed by atoms with Gasteiger partial charge in [0.15, 0.2) is 17.5 Å². The van der Waals surface area contributed by atoms with Crippen molar-refractivity contribution in [3.05, 3.63) is 53.8 Å². The summed E-state index contributed by atoms with van der Waals surface area (Å²) >= 11 is 0. The van der Waals surface area contributed by atoms with Crippen LogP contribution in [-0.4, -0.2) is 30.9 Å². The average Bonchev–Trinajstić information content (AvgIpc) is 2.60. The molecular weight excluding hydrogens is 375 g/mol. The van der Waals surface area contributed by atoms with E-state index in [1.54, 1.807) is 0 Å². The lowest BCUT2D eigenvalue weighted by molar-refractivity contribution is -0.120. The van der Waals surface area contributed by atoms with Gasteiger partial charge < -0.3 is 15.4 Å². The summed E-state index contributed by atoms with van der Waals surface area (Å²) in [6, 6.07) is 7.47. The molecule has 0 bridgehead atoms. The zero-order valence-corrected chi connectivity index (χ0v) is 15.3. The number of hydrogen-bond donors (Lipinski definition) is 3. The third kappa shape index (κ3) is 6.58. The van der Waals surface area contributed by atoms with Crippen molar-refractivity contribution in [2.45, 2.75) is 19.9 Å². The normalized spacial score (nSPS) is 10.6. The van der Waals surface area contributed by atoms with Crippen molar-refractivity contribution < 1.29 is 27.5 Å². The maximum absolute atomic E-state index is 13.2. The first-order chi connectivity index (χ1) is 13.2. The number of ether oxygens (including phenoxy) is 1. The molecule has 3 N–H and O–H groups in total. The molecule has 0 atom stereocenters. The minimum absolute atomic E-state index is 0.0170. The molecule has 0 saturated heterocycles. The smallest absolute Gasteiger partial charge is 0.238 e. The highest BCUT2D eigenvalue weighted by molar-refractivity contribution is 5.92. The zero-order valence-electron chi connectivity index (χ0n) is 15.3. The molecule has 28 heavy (non-hydrogen) atoms. The Labute approximate surface area is 160 Å². The summed E-state index contributed by atoms with van der Waals surface area (Å²) in [6.45, 7) is 3.63. The molecule has 0 unspecified atom stereocenters. The van der Waals surface area contributed by atoms with Crippen LogP contribution in [0.2, 0.25) is 0 Å². The Kier molecular flexibility index (Phi) is 7.39. The van der Waals surface area contributed by atoms with E-state index in [0.717, 1.165) is 12.1 Å². The molecule has 0 fully saturated rings. The summed E-state index contributed by atoms with van der Waals surface area (Å²) < 4.78 is 44.6. The van der Waals surface area contributed by atoms with E-state index < -0.39 is 17.5 Å². The monoisotopic (exact) mass is 395 g/mol. The van der Waals surface area contributed by atoms with E-state index in [1.165, 1.54) is 24.3 Å². The standard InChI is InChI=1S/C19H20F3N3O3/c1-11(2)24-17(26)9-23-10-18(27)25-12-3-5-13(6-4-12)28-14-7-15(20)19(22)16(21)8-14/h3-8,11,23H,9-10H2,1-2H3,(H,24,26)(H,25,27). The Bertz CT molecular complexity index is 819. The number of amides is 2. The van der Waals surface area contributed by atoms with E-state index in [2.05, 4.69) is 16.0 Å². The molecule has 0 aliphatic rings. The third-order valence-electron chi connectivity index (χ3n) is 3.35. The predicted octanol–water partition coefficient (Wildman–Crippen LogP) is 2.95. The van der Waals surface area contributed by atoms with Crippen LogP contribution in [0.15, 0.2) is 36.4 Å². The number of nitrogens with one attached hydrogen (secondary N) is 3. The fourth-order valence-corrected chi connectivity index (χ4v) is 2.20. The van der Waals surface area contributed by atoms with Gasteiger partial charge in [-0.25, -0.2) is 13.2 Å². The van der Waals surface area contributed by atoms with Crippen molar-refractivity contribution in [2.75, 3.05) is 18.4 Å². The summed E-state index contributed by atoms with van der Waals surface area (Å²) in [6.07, 6.45) is 0. The minimum Gasteiger partial charge on any atom is -0.457 e. The molecular formula is C19H20F3N3O3. The van der Waals surface area contributed by atoms with Gasteiger partial charge >= 0.3 is 0 Å². The highest BCUT2D eigenvalue weighted by Gasteiger charge is 2.12. The molecule has 0 aliphatic carbocycles. The number of halogens is 3. The number of anilines is 1. The maximum atomic E-state index is 13.2. The fraction of sp³-hybridized carbons (Fsp3) is 0.263. The summed E-state index contributed by atoms with van der Waals surface area (Å²) in [7, 11) is 0. The Morgan fingerprint density at radius 2 is 1.50 bits per heavy atom. The highest BCUT2D eigenvalue weighted by atomic mass is 19.2. The SMILES string of the molecule is CC(C)NC(=O)CNCC(=O)Nc1ccc(Oc2cc(F)c(F)c(F)c2)cc1. The van der Waals surface area contributed by atoms with E-state index in [-0.39, 0.29) is 42.4 Å². The number of rotatable bonds is 8. The van der Waals surface area contributed by atoms with Crippen LogP contribution < -0.4 is 20.7 Å². The van der Waals surface area contributed by atoms with Gasteiger partial charge in [0.1, 0.15) is 11.5 Å². The van der Waals surface area contributed by atoms with Gasteiger partial charge in [0, 0.05) is 23.9 Å². The molecule has 9 heteroatoms. The highest BCUT2D eigenvalue weighted by Crippen LogP contribution is 2.26. The van der Waals surface area contributed by atoms with Gasteiger partial charge in [-0.15, -0.1) is 0 Å². The van der Waals surface area contributed by atoms with Crippen LogP contribution in [0.5, 0.6) is 11.5 Å². The van der Waals surface area contributed by atoms with Crippen molar-refractivity contribution >= 4 is 17.5 Å². The van der Waals surface area contributed by atoms with Crippen LogP contribution in [0.1, 0.15) is 13.8 Å². The van der Waals surface area contributed by atoms with Crippen LogP contribution in [0.3, 0.4) is 0 Å². The first-order valence-corrected chi connectivity index (χ1v) is 8.47. The maximum Gasteiger partial charge on any atom is 0.238 e. The van der Waals surface area contributed by atoms with E-state index in [4.69, 9.17) is 4.74 Å². The molecule has 2 aromatic rings. The Balaban J connectivity index is 1.84. The number of hydrogen-bond acceptors (Lipinski definition) is 4. The molecule has 150 valence electrons. The second-order valence-electron chi connectivity index (χ2n) is 6.20. The summed E-state index contributed by atoms with van der Waals surface area (Å²) in [5.41, 5.74) is 0.460. The first kappa shape index (κ1) is 21.2. The van der Waals surface area contributed by atoms with Crippen LogP contribution in [-0.2, 0) is 9.59 Å². The number of benzene rings is 2. The summed E-state index contributed by atoms with van der Waals surface area (Å²) in [5, 5.41) is 8.02.